The maximum absolute atomic E-state index is 13.0. The Bertz CT molecular complexity index is 1090. The van der Waals surface area contributed by atoms with Crippen molar-refractivity contribution in [3.05, 3.63) is 58.0 Å². The number of nitrogens with one attached hydrogen (secondary N) is 1. The van der Waals surface area contributed by atoms with E-state index in [1.54, 1.807) is 6.92 Å². The second-order valence-electron chi connectivity index (χ2n) is 6.33. The first-order chi connectivity index (χ1) is 13.7. The first-order valence-corrected chi connectivity index (χ1v) is 8.76. The number of carbonyl (C=O) groups is 1. The second kappa shape index (κ2) is 8.02. The molecular formula is C18H17F4N5O2. The lowest BCUT2D eigenvalue weighted by atomic mass is 10.1. The van der Waals surface area contributed by atoms with Crippen molar-refractivity contribution >= 4 is 16.9 Å². The van der Waals surface area contributed by atoms with Gasteiger partial charge in [-0.2, -0.15) is 18.3 Å². The summed E-state index contributed by atoms with van der Waals surface area (Å²) in [6, 6.07) is 5.33. The van der Waals surface area contributed by atoms with Crippen molar-refractivity contribution in [1.29, 1.82) is 0 Å². The van der Waals surface area contributed by atoms with Crippen LogP contribution in [-0.2, 0) is 24.2 Å². The predicted molar refractivity (Wildman–Crippen MR) is 96.3 cm³/mol. The SMILES string of the molecule is CCc1nc2c(cnn2CCC(F)(F)F)c(=O)n1NC(=O)Cc1ccc(F)cc1. The Hall–Kier alpha value is -3.24. The zero-order valence-electron chi connectivity index (χ0n) is 15.3. The van der Waals surface area contributed by atoms with E-state index < -0.39 is 36.4 Å². The van der Waals surface area contributed by atoms with Gasteiger partial charge in [0.25, 0.3) is 5.56 Å². The predicted octanol–water partition coefficient (Wildman–Crippen LogP) is 2.56. The number of halogens is 4. The molecule has 3 aromatic rings. The first kappa shape index (κ1) is 20.5. The minimum absolute atomic E-state index is 0.00791. The highest BCUT2D eigenvalue weighted by atomic mass is 19.4. The molecule has 0 aliphatic heterocycles. The number of alkyl halides is 3. The highest BCUT2D eigenvalue weighted by Crippen LogP contribution is 2.21. The lowest BCUT2D eigenvalue weighted by Crippen LogP contribution is -2.37. The number of hydrogen-bond acceptors (Lipinski definition) is 4. The fraction of sp³-hybridized carbons (Fsp3) is 0.333. The molecule has 3 rings (SSSR count). The summed E-state index contributed by atoms with van der Waals surface area (Å²) in [4.78, 5) is 29.3. The standard InChI is InChI=1S/C18H17F4N5O2/c1-2-14-24-16-13(10-23-26(16)8-7-18(20,21)22)17(29)27(14)25-15(28)9-11-3-5-12(19)6-4-11/h3-6,10H,2,7-9H2,1H3,(H,25,28). The van der Waals surface area contributed by atoms with Crippen LogP contribution in [0.25, 0.3) is 11.0 Å². The highest BCUT2D eigenvalue weighted by Gasteiger charge is 2.27. The fourth-order valence-electron chi connectivity index (χ4n) is 2.76. The van der Waals surface area contributed by atoms with E-state index in [1.807, 2.05) is 0 Å². The largest absolute Gasteiger partial charge is 0.390 e. The van der Waals surface area contributed by atoms with E-state index in [0.717, 1.165) is 15.6 Å². The number of aromatic nitrogens is 4. The number of amides is 1. The van der Waals surface area contributed by atoms with Gasteiger partial charge in [0.2, 0.25) is 5.91 Å². The molecule has 11 heteroatoms. The molecular weight excluding hydrogens is 394 g/mol. The molecule has 7 nitrogen and oxygen atoms in total. The first-order valence-electron chi connectivity index (χ1n) is 8.76. The van der Waals surface area contributed by atoms with Crippen LogP contribution >= 0.6 is 0 Å². The third kappa shape index (κ3) is 4.79. The molecule has 1 amide bonds. The summed E-state index contributed by atoms with van der Waals surface area (Å²) in [6.07, 6.45) is -4.20. The number of aryl methyl sites for hydroxylation is 2. The maximum atomic E-state index is 13.0. The Morgan fingerprint density at radius 1 is 1.21 bits per heavy atom. The summed E-state index contributed by atoms with van der Waals surface area (Å²) < 4.78 is 52.4. The Morgan fingerprint density at radius 3 is 2.52 bits per heavy atom. The molecule has 2 aromatic heterocycles. The van der Waals surface area contributed by atoms with E-state index in [2.05, 4.69) is 15.5 Å². The van der Waals surface area contributed by atoms with Gasteiger partial charge in [0.05, 0.1) is 25.6 Å². The third-order valence-corrected chi connectivity index (χ3v) is 4.18. The summed E-state index contributed by atoms with van der Waals surface area (Å²) in [7, 11) is 0. The molecule has 0 aliphatic rings. The smallest absolute Gasteiger partial charge is 0.273 e. The zero-order valence-corrected chi connectivity index (χ0v) is 15.3. The zero-order chi connectivity index (χ0) is 21.2. The molecule has 0 radical (unpaired) electrons. The third-order valence-electron chi connectivity index (χ3n) is 4.18. The molecule has 0 aliphatic carbocycles. The number of benzene rings is 1. The van der Waals surface area contributed by atoms with E-state index in [0.29, 0.717) is 5.56 Å². The molecule has 0 bridgehead atoms. The van der Waals surface area contributed by atoms with Crippen LogP contribution in [-0.4, -0.2) is 31.5 Å². The average Bonchev–Trinajstić information content (AvgIpc) is 3.06. The summed E-state index contributed by atoms with van der Waals surface area (Å²) in [5.74, 6) is -0.793. The Morgan fingerprint density at radius 2 is 1.90 bits per heavy atom. The van der Waals surface area contributed by atoms with Crippen molar-refractivity contribution in [3.63, 3.8) is 0 Å². The van der Waals surface area contributed by atoms with Gasteiger partial charge < -0.3 is 0 Å². The van der Waals surface area contributed by atoms with Crippen LogP contribution in [0.2, 0.25) is 0 Å². The van der Waals surface area contributed by atoms with E-state index in [9.17, 15) is 27.2 Å². The Labute approximate surface area is 161 Å². The Balaban J connectivity index is 1.88. The van der Waals surface area contributed by atoms with E-state index in [-0.39, 0.29) is 29.7 Å². The molecule has 0 unspecified atom stereocenters. The molecule has 29 heavy (non-hydrogen) atoms. The number of carbonyl (C=O) groups excluding carboxylic acids is 1. The van der Waals surface area contributed by atoms with Gasteiger partial charge in [-0.3, -0.25) is 15.0 Å². The van der Waals surface area contributed by atoms with Gasteiger partial charge >= 0.3 is 6.18 Å². The average molecular weight is 411 g/mol. The Kier molecular flexibility index (Phi) is 5.66. The van der Waals surface area contributed by atoms with Crippen LogP contribution < -0.4 is 11.0 Å². The lowest BCUT2D eigenvalue weighted by Gasteiger charge is -2.13. The van der Waals surface area contributed by atoms with Gasteiger partial charge in [0.15, 0.2) is 5.65 Å². The number of fused-ring (bicyclic) bond motifs is 1. The highest BCUT2D eigenvalue weighted by molar-refractivity contribution is 5.86. The van der Waals surface area contributed by atoms with Crippen LogP contribution in [0.15, 0.2) is 35.3 Å². The molecule has 0 saturated carbocycles. The van der Waals surface area contributed by atoms with Crippen LogP contribution in [0, 0.1) is 5.82 Å². The molecule has 0 atom stereocenters. The fourth-order valence-corrected chi connectivity index (χ4v) is 2.76. The van der Waals surface area contributed by atoms with Crippen molar-refractivity contribution < 1.29 is 22.4 Å². The maximum Gasteiger partial charge on any atom is 0.390 e. The minimum atomic E-state index is -4.37. The summed E-state index contributed by atoms with van der Waals surface area (Å²) in [5.41, 5.74) is 2.37. The van der Waals surface area contributed by atoms with E-state index in [1.165, 1.54) is 24.3 Å². The normalized spacial score (nSPS) is 11.8. The molecule has 0 fully saturated rings. The van der Waals surface area contributed by atoms with Gasteiger partial charge in [-0.25, -0.2) is 18.7 Å². The molecule has 0 saturated heterocycles. The van der Waals surface area contributed by atoms with Gasteiger partial charge in [-0.15, -0.1) is 0 Å². The number of hydrogen-bond donors (Lipinski definition) is 1. The summed E-state index contributed by atoms with van der Waals surface area (Å²) >= 11 is 0. The van der Waals surface area contributed by atoms with Gasteiger partial charge in [-0.1, -0.05) is 19.1 Å². The molecule has 1 N–H and O–H groups in total. The van der Waals surface area contributed by atoms with E-state index in [4.69, 9.17) is 0 Å². The van der Waals surface area contributed by atoms with Crippen molar-refractivity contribution in [3.8, 4) is 0 Å². The van der Waals surface area contributed by atoms with Crippen molar-refractivity contribution in [2.45, 2.75) is 38.9 Å². The van der Waals surface area contributed by atoms with Crippen LogP contribution in [0.1, 0.15) is 24.7 Å². The quantitative estimate of drug-likeness (QED) is 0.632. The topological polar surface area (TPSA) is 81.8 Å². The van der Waals surface area contributed by atoms with Crippen LogP contribution in [0.3, 0.4) is 0 Å². The van der Waals surface area contributed by atoms with Gasteiger partial charge in [0, 0.05) is 6.42 Å². The summed E-state index contributed by atoms with van der Waals surface area (Å²) in [5, 5.41) is 3.82. The van der Waals surface area contributed by atoms with Crippen LogP contribution in [0.4, 0.5) is 17.6 Å². The molecule has 0 spiro atoms. The molecule has 154 valence electrons. The monoisotopic (exact) mass is 411 g/mol. The lowest BCUT2D eigenvalue weighted by molar-refractivity contribution is -0.137. The van der Waals surface area contributed by atoms with Gasteiger partial charge in [0.1, 0.15) is 17.0 Å². The van der Waals surface area contributed by atoms with Crippen molar-refractivity contribution in [2.24, 2.45) is 0 Å². The van der Waals surface area contributed by atoms with Crippen molar-refractivity contribution in [2.75, 3.05) is 5.43 Å². The molecule has 1 aromatic carbocycles. The van der Waals surface area contributed by atoms with E-state index >= 15 is 0 Å². The minimum Gasteiger partial charge on any atom is -0.273 e. The van der Waals surface area contributed by atoms with Crippen LogP contribution in [0.5, 0.6) is 0 Å². The summed E-state index contributed by atoms with van der Waals surface area (Å²) in [6.45, 7) is 1.22. The second-order valence-corrected chi connectivity index (χ2v) is 6.33. The van der Waals surface area contributed by atoms with Crippen molar-refractivity contribution in [1.82, 2.24) is 19.4 Å². The number of nitrogens with zero attached hydrogens (tertiary/aromatic N) is 4. The van der Waals surface area contributed by atoms with Gasteiger partial charge in [-0.05, 0) is 17.7 Å². The molecule has 2 heterocycles. The number of rotatable bonds is 6.